The molecular weight excluding hydrogens is 420 g/mol. The quantitative estimate of drug-likeness (QED) is 0.188. The Hall–Kier alpha value is -0.923. The Morgan fingerprint density at radius 1 is 0.750 bits per heavy atom. The molecule has 0 aliphatic heterocycles. The Morgan fingerprint density at radius 3 is 1.94 bits per heavy atom. The molecule has 184 valence electrons. The highest BCUT2D eigenvalue weighted by molar-refractivity contribution is 6.60. The average Bonchev–Trinajstić information content (AvgIpc) is 2.81. The fourth-order valence-corrected chi connectivity index (χ4v) is 7.06. The molecular formula is C26H46O5Si. The minimum Gasteiger partial charge on any atom is -0.494 e. The molecule has 0 atom stereocenters. The fourth-order valence-electron chi connectivity index (χ4n) is 4.48. The molecule has 0 amide bonds. The number of benzene rings is 1. The minimum absolute atomic E-state index is 0.370. The van der Waals surface area contributed by atoms with Crippen LogP contribution in [-0.2, 0) is 18.0 Å². The highest BCUT2D eigenvalue weighted by Crippen LogP contribution is 2.35. The third kappa shape index (κ3) is 9.52. The molecule has 0 radical (unpaired) electrons. The van der Waals surface area contributed by atoms with Gasteiger partial charge in [0.15, 0.2) is 0 Å². The van der Waals surface area contributed by atoms with Crippen molar-refractivity contribution in [2.45, 2.75) is 97.1 Å². The second kappa shape index (κ2) is 15.8. The van der Waals surface area contributed by atoms with Gasteiger partial charge < -0.3 is 22.8 Å². The van der Waals surface area contributed by atoms with Gasteiger partial charge in [0.25, 0.3) is 0 Å². The van der Waals surface area contributed by atoms with E-state index in [0.29, 0.717) is 31.8 Å². The molecule has 1 aromatic carbocycles. The van der Waals surface area contributed by atoms with E-state index in [0.717, 1.165) is 50.7 Å². The summed E-state index contributed by atoms with van der Waals surface area (Å²) in [6.45, 7) is 11.7. The Kier molecular flexibility index (Phi) is 13.5. The molecule has 1 fully saturated rings. The molecule has 32 heavy (non-hydrogen) atoms. The van der Waals surface area contributed by atoms with Crippen LogP contribution in [0.4, 0.5) is 0 Å². The van der Waals surface area contributed by atoms with Crippen LogP contribution >= 0.6 is 0 Å². The van der Waals surface area contributed by atoms with Crippen LogP contribution in [0, 0.1) is 0 Å². The van der Waals surface area contributed by atoms with Crippen molar-refractivity contribution in [1.29, 1.82) is 0 Å². The lowest BCUT2D eigenvalue weighted by Gasteiger charge is -2.30. The molecule has 0 heterocycles. The molecule has 1 aromatic rings. The Labute approximate surface area is 197 Å². The van der Waals surface area contributed by atoms with E-state index >= 15 is 0 Å². The van der Waals surface area contributed by atoms with E-state index in [9.17, 15) is 0 Å². The standard InChI is InChI=1S/C26H46O5Si/c1-5-9-10-20-27-25-16-12-23(13-17-25)24-14-18-26(19-15-24)28-21-11-22-32(29-6-2,30-7-3)31-8-4/h12-13,16-17,24,26H,5-11,14-15,18-22H2,1-4H3/t24-,26-. The first-order valence-corrected chi connectivity index (χ1v) is 14.9. The summed E-state index contributed by atoms with van der Waals surface area (Å²) in [7, 11) is -2.55. The largest absolute Gasteiger partial charge is 0.501 e. The van der Waals surface area contributed by atoms with Crippen LogP contribution in [0.25, 0.3) is 0 Å². The van der Waals surface area contributed by atoms with Crippen LogP contribution in [0.2, 0.25) is 6.04 Å². The van der Waals surface area contributed by atoms with Gasteiger partial charge in [-0.05, 0) is 82.9 Å². The maximum Gasteiger partial charge on any atom is 0.501 e. The molecule has 0 bridgehead atoms. The van der Waals surface area contributed by atoms with Gasteiger partial charge in [-0.1, -0.05) is 31.9 Å². The number of rotatable bonds is 17. The summed E-state index contributed by atoms with van der Waals surface area (Å²) in [6, 6.07) is 9.59. The van der Waals surface area contributed by atoms with Crippen LogP contribution in [0.1, 0.15) is 90.5 Å². The highest BCUT2D eigenvalue weighted by atomic mass is 28.4. The normalized spacial score (nSPS) is 19.2. The molecule has 2 rings (SSSR count). The van der Waals surface area contributed by atoms with Crippen molar-refractivity contribution in [3.63, 3.8) is 0 Å². The zero-order chi connectivity index (χ0) is 23.1. The zero-order valence-electron chi connectivity index (χ0n) is 20.9. The molecule has 1 aliphatic rings. The predicted molar refractivity (Wildman–Crippen MR) is 132 cm³/mol. The number of ether oxygens (including phenoxy) is 2. The molecule has 0 aromatic heterocycles. The first-order valence-electron chi connectivity index (χ1n) is 12.9. The first kappa shape index (κ1) is 27.3. The van der Waals surface area contributed by atoms with Crippen LogP contribution in [0.5, 0.6) is 5.75 Å². The van der Waals surface area contributed by atoms with E-state index in [1.54, 1.807) is 0 Å². The van der Waals surface area contributed by atoms with Gasteiger partial charge in [-0.25, -0.2) is 0 Å². The predicted octanol–water partition coefficient (Wildman–Crippen LogP) is 6.74. The maximum atomic E-state index is 6.22. The van der Waals surface area contributed by atoms with Gasteiger partial charge in [-0.2, -0.15) is 0 Å². The van der Waals surface area contributed by atoms with Crippen molar-refractivity contribution in [2.75, 3.05) is 33.0 Å². The van der Waals surface area contributed by atoms with E-state index in [2.05, 4.69) is 31.2 Å². The topological polar surface area (TPSA) is 46.2 Å². The Balaban J connectivity index is 1.68. The van der Waals surface area contributed by atoms with Gasteiger partial charge in [0.05, 0.1) is 12.7 Å². The maximum absolute atomic E-state index is 6.22. The minimum atomic E-state index is -2.55. The van der Waals surface area contributed by atoms with Crippen LogP contribution in [0.3, 0.4) is 0 Å². The molecule has 0 unspecified atom stereocenters. The van der Waals surface area contributed by atoms with Gasteiger partial charge in [0, 0.05) is 32.5 Å². The SMILES string of the molecule is CCCCCOc1ccc([C@H]2CC[C@H](OCCC[Si](OCC)(OCC)OCC)CC2)cc1. The zero-order valence-corrected chi connectivity index (χ0v) is 21.9. The Morgan fingerprint density at radius 2 is 1.38 bits per heavy atom. The first-order chi connectivity index (χ1) is 15.7. The lowest BCUT2D eigenvalue weighted by molar-refractivity contribution is 0.0202. The van der Waals surface area contributed by atoms with E-state index < -0.39 is 8.80 Å². The van der Waals surface area contributed by atoms with Crippen molar-refractivity contribution in [2.24, 2.45) is 0 Å². The fraction of sp³-hybridized carbons (Fsp3) is 0.769. The van der Waals surface area contributed by atoms with E-state index in [1.165, 1.54) is 31.2 Å². The van der Waals surface area contributed by atoms with Crippen LogP contribution in [0.15, 0.2) is 24.3 Å². The second-order valence-electron chi connectivity index (χ2n) is 8.55. The summed E-state index contributed by atoms with van der Waals surface area (Å²) in [6.07, 6.45) is 9.53. The van der Waals surface area contributed by atoms with Gasteiger partial charge in [-0.3, -0.25) is 0 Å². The van der Waals surface area contributed by atoms with Crippen molar-refractivity contribution in [3.8, 4) is 5.75 Å². The summed E-state index contributed by atoms with van der Waals surface area (Å²) in [4.78, 5) is 0. The molecule has 0 N–H and O–H groups in total. The third-order valence-electron chi connectivity index (χ3n) is 6.12. The third-order valence-corrected chi connectivity index (χ3v) is 9.27. The van der Waals surface area contributed by atoms with Gasteiger partial charge in [0.1, 0.15) is 5.75 Å². The van der Waals surface area contributed by atoms with Gasteiger partial charge in [0.2, 0.25) is 0 Å². The van der Waals surface area contributed by atoms with Gasteiger partial charge in [-0.15, -0.1) is 0 Å². The number of hydrogen-bond donors (Lipinski definition) is 0. The molecule has 0 saturated heterocycles. The lowest BCUT2D eigenvalue weighted by atomic mass is 9.83. The lowest BCUT2D eigenvalue weighted by Crippen LogP contribution is -2.46. The molecule has 5 nitrogen and oxygen atoms in total. The number of unbranched alkanes of at least 4 members (excludes halogenated alkanes) is 2. The molecule has 0 spiro atoms. The van der Waals surface area contributed by atoms with Crippen molar-refractivity contribution < 1.29 is 22.8 Å². The van der Waals surface area contributed by atoms with E-state index in [1.807, 2.05) is 20.8 Å². The summed E-state index contributed by atoms with van der Waals surface area (Å²) >= 11 is 0. The Bertz CT molecular complexity index is 569. The molecule has 1 saturated carbocycles. The summed E-state index contributed by atoms with van der Waals surface area (Å²) < 4.78 is 29.9. The van der Waals surface area contributed by atoms with Crippen LogP contribution < -0.4 is 4.74 Å². The average molecular weight is 467 g/mol. The van der Waals surface area contributed by atoms with Gasteiger partial charge >= 0.3 is 8.80 Å². The van der Waals surface area contributed by atoms with Crippen molar-refractivity contribution in [1.82, 2.24) is 0 Å². The van der Waals surface area contributed by atoms with E-state index in [-0.39, 0.29) is 0 Å². The smallest absolute Gasteiger partial charge is 0.494 e. The summed E-state index contributed by atoms with van der Waals surface area (Å²) in [5.74, 6) is 1.63. The second-order valence-corrected chi connectivity index (χ2v) is 11.3. The van der Waals surface area contributed by atoms with Crippen molar-refractivity contribution in [3.05, 3.63) is 29.8 Å². The van der Waals surface area contributed by atoms with Crippen molar-refractivity contribution >= 4 is 8.80 Å². The summed E-state index contributed by atoms with van der Waals surface area (Å²) in [5.41, 5.74) is 1.44. The molecule has 6 heteroatoms. The highest BCUT2D eigenvalue weighted by Gasteiger charge is 2.39. The number of hydrogen-bond acceptors (Lipinski definition) is 5. The molecule has 1 aliphatic carbocycles. The van der Waals surface area contributed by atoms with Crippen LogP contribution in [-0.4, -0.2) is 47.9 Å². The van der Waals surface area contributed by atoms with E-state index in [4.69, 9.17) is 22.8 Å². The monoisotopic (exact) mass is 466 g/mol. The summed E-state index contributed by atoms with van der Waals surface area (Å²) in [5, 5.41) is 0.